The van der Waals surface area contributed by atoms with Crippen molar-refractivity contribution >= 4 is 18.9 Å². The zero-order valence-corrected chi connectivity index (χ0v) is 12.4. The Bertz CT molecular complexity index is 321. The third kappa shape index (κ3) is 2.49. The molecule has 90 valence electrons. The fraction of sp³-hybridized carbons (Fsp3) is 0.571. The Labute approximate surface area is 101 Å². The van der Waals surface area contributed by atoms with Crippen molar-refractivity contribution in [1.29, 1.82) is 0 Å². The van der Waals surface area contributed by atoms with Gasteiger partial charge in [0.25, 0.3) is 0 Å². The van der Waals surface area contributed by atoms with Crippen LogP contribution in [-0.2, 0) is 0 Å². The Kier molecular flexibility index (Phi) is 4.60. The molecule has 0 atom stereocenters. The highest BCUT2D eigenvalue weighted by Crippen LogP contribution is 2.22. The second kappa shape index (κ2) is 5.53. The average Bonchev–Trinajstić information content (AvgIpc) is 2.32. The van der Waals surface area contributed by atoms with E-state index in [9.17, 15) is 0 Å². The Morgan fingerprint density at radius 2 is 1.56 bits per heavy atom. The van der Waals surface area contributed by atoms with Gasteiger partial charge in [-0.05, 0) is 12.1 Å². The lowest BCUT2D eigenvalue weighted by Crippen LogP contribution is -2.45. The van der Waals surface area contributed by atoms with Gasteiger partial charge in [0.1, 0.15) is 0 Å². The van der Waals surface area contributed by atoms with Gasteiger partial charge in [-0.2, -0.15) is 0 Å². The first kappa shape index (κ1) is 13.3. The lowest BCUT2D eigenvalue weighted by Gasteiger charge is -2.29. The summed E-state index contributed by atoms with van der Waals surface area (Å²) in [5.74, 6) is 0. The van der Waals surface area contributed by atoms with Gasteiger partial charge in [-0.15, -0.1) is 0 Å². The molecule has 0 bridgehead atoms. The van der Waals surface area contributed by atoms with Crippen molar-refractivity contribution in [2.45, 2.75) is 38.9 Å². The van der Waals surface area contributed by atoms with Crippen LogP contribution < -0.4 is 10.1 Å². The van der Waals surface area contributed by atoms with Gasteiger partial charge in [-0.3, -0.25) is 0 Å². The Balaban J connectivity index is 3.15. The fourth-order valence-corrected chi connectivity index (χ4v) is 6.10. The molecule has 2 heteroatoms. The molecule has 0 radical (unpaired) electrons. The molecule has 1 nitrogen and oxygen atoms in total. The number of benzene rings is 1. The molecule has 0 aliphatic carbocycles. The number of rotatable bonds is 5. The van der Waals surface area contributed by atoms with E-state index in [4.69, 9.17) is 0 Å². The summed E-state index contributed by atoms with van der Waals surface area (Å²) in [6.07, 6.45) is 0. The predicted octanol–water partition coefficient (Wildman–Crippen LogP) is 3.47. The number of hydrogen-bond donors (Lipinski definition) is 0. The summed E-state index contributed by atoms with van der Waals surface area (Å²) < 4.78 is 0. The minimum absolute atomic E-state index is 1.20. The lowest BCUT2D eigenvalue weighted by atomic mass is 10.3. The standard InChI is InChI=1S/C14H25NSi/c1-6-16(7-2,8-3)14-11-9-10-13(12-14)15(4)5/h9-12H,6-8H2,1-5H3. The predicted molar refractivity (Wildman–Crippen MR) is 77.6 cm³/mol. The van der Waals surface area contributed by atoms with Crippen LogP contribution in [-0.4, -0.2) is 22.2 Å². The molecular weight excluding hydrogens is 210 g/mol. The van der Waals surface area contributed by atoms with E-state index in [0.29, 0.717) is 0 Å². The van der Waals surface area contributed by atoms with Crippen molar-refractivity contribution in [2.24, 2.45) is 0 Å². The monoisotopic (exact) mass is 235 g/mol. The maximum absolute atomic E-state index is 2.41. The van der Waals surface area contributed by atoms with Gasteiger partial charge in [0, 0.05) is 19.8 Å². The molecule has 0 N–H and O–H groups in total. The van der Waals surface area contributed by atoms with Gasteiger partial charge >= 0.3 is 0 Å². The average molecular weight is 235 g/mol. The van der Waals surface area contributed by atoms with Gasteiger partial charge in [0.05, 0.1) is 8.07 Å². The molecule has 0 aliphatic rings. The van der Waals surface area contributed by atoms with Gasteiger partial charge in [-0.1, -0.05) is 56.2 Å². The second-order valence-electron chi connectivity index (χ2n) is 4.79. The van der Waals surface area contributed by atoms with Crippen LogP contribution in [0.2, 0.25) is 18.1 Å². The maximum atomic E-state index is 2.41. The van der Waals surface area contributed by atoms with Crippen LogP contribution in [0.5, 0.6) is 0 Å². The summed E-state index contributed by atoms with van der Waals surface area (Å²) in [7, 11) is 3.04. The van der Waals surface area contributed by atoms with Crippen LogP contribution in [0.3, 0.4) is 0 Å². The van der Waals surface area contributed by atoms with Crippen molar-refractivity contribution in [3.8, 4) is 0 Å². The topological polar surface area (TPSA) is 3.24 Å². The molecule has 0 spiro atoms. The summed E-state index contributed by atoms with van der Waals surface area (Å²) in [4.78, 5) is 2.20. The van der Waals surface area contributed by atoms with Crippen molar-refractivity contribution in [3.05, 3.63) is 24.3 Å². The van der Waals surface area contributed by atoms with E-state index < -0.39 is 8.07 Å². The molecule has 0 saturated heterocycles. The molecule has 1 aromatic rings. The van der Waals surface area contributed by atoms with E-state index in [1.807, 2.05) is 0 Å². The van der Waals surface area contributed by atoms with Crippen LogP contribution in [0.1, 0.15) is 20.8 Å². The largest absolute Gasteiger partial charge is 0.378 e. The van der Waals surface area contributed by atoms with E-state index in [1.54, 1.807) is 5.19 Å². The summed E-state index contributed by atoms with van der Waals surface area (Å²) in [5, 5.41) is 1.63. The molecule has 0 heterocycles. The second-order valence-corrected chi connectivity index (χ2v) is 10.0. The third-order valence-corrected chi connectivity index (χ3v) is 9.60. The van der Waals surface area contributed by atoms with Gasteiger partial charge in [0.2, 0.25) is 0 Å². The van der Waals surface area contributed by atoms with Gasteiger partial charge < -0.3 is 4.90 Å². The summed E-state index contributed by atoms with van der Waals surface area (Å²) in [6, 6.07) is 13.2. The molecule has 0 aromatic heterocycles. The van der Waals surface area contributed by atoms with E-state index >= 15 is 0 Å². The van der Waals surface area contributed by atoms with E-state index in [2.05, 4.69) is 64.0 Å². The van der Waals surface area contributed by atoms with Crippen LogP contribution in [0, 0.1) is 0 Å². The van der Waals surface area contributed by atoms with E-state index in [0.717, 1.165) is 0 Å². The van der Waals surface area contributed by atoms with Crippen LogP contribution in [0.4, 0.5) is 5.69 Å². The molecule has 16 heavy (non-hydrogen) atoms. The number of anilines is 1. The fourth-order valence-electron chi connectivity index (χ4n) is 2.48. The summed E-state index contributed by atoms with van der Waals surface area (Å²) in [5.41, 5.74) is 1.34. The minimum atomic E-state index is -1.20. The minimum Gasteiger partial charge on any atom is -0.378 e. The molecule has 0 fully saturated rings. The zero-order chi connectivity index (χ0) is 12.2. The van der Waals surface area contributed by atoms with Crippen molar-refractivity contribution < 1.29 is 0 Å². The maximum Gasteiger partial charge on any atom is 0.0860 e. The number of nitrogens with zero attached hydrogens (tertiary/aromatic N) is 1. The van der Waals surface area contributed by atoms with Crippen LogP contribution in [0.25, 0.3) is 0 Å². The summed E-state index contributed by atoms with van der Waals surface area (Å²) >= 11 is 0. The highest BCUT2D eigenvalue weighted by atomic mass is 28.3. The Morgan fingerprint density at radius 3 is 2.00 bits per heavy atom. The SMILES string of the molecule is CC[Si](CC)(CC)c1cccc(N(C)C)c1. The van der Waals surface area contributed by atoms with Gasteiger partial charge in [-0.25, -0.2) is 0 Å². The van der Waals surface area contributed by atoms with Crippen LogP contribution in [0.15, 0.2) is 24.3 Å². The zero-order valence-electron chi connectivity index (χ0n) is 11.4. The smallest absolute Gasteiger partial charge is 0.0860 e. The molecule has 0 amide bonds. The molecule has 0 saturated carbocycles. The highest BCUT2D eigenvalue weighted by molar-refractivity contribution is 6.91. The molecule has 0 unspecified atom stereocenters. The van der Waals surface area contributed by atoms with Crippen molar-refractivity contribution in [1.82, 2.24) is 0 Å². The molecule has 1 rings (SSSR count). The Morgan fingerprint density at radius 1 is 1.00 bits per heavy atom. The highest BCUT2D eigenvalue weighted by Gasteiger charge is 2.29. The molecule has 0 aliphatic heterocycles. The lowest BCUT2D eigenvalue weighted by molar-refractivity contribution is 1.13. The summed E-state index contributed by atoms with van der Waals surface area (Å²) in [6.45, 7) is 7.09. The van der Waals surface area contributed by atoms with Crippen molar-refractivity contribution in [3.63, 3.8) is 0 Å². The third-order valence-electron chi connectivity index (χ3n) is 4.01. The molecular formula is C14H25NSi. The van der Waals surface area contributed by atoms with Gasteiger partial charge in [0.15, 0.2) is 0 Å². The first-order valence-corrected chi connectivity index (χ1v) is 8.99. The van der Waals surface area contributed by atoms with E-state index in [-0.39, 0.29) is 0 Å². The van der Waals surface area contributed by atoms with E-state index in [1.165, 1.54) is 23.8 Å². The first-order valence-electron chi connectivity index (χ1n) is 6.37. The van der Waals surface area contributed by atoms with Crippen molar-refractivity contribution in [2.75, 3.05) is 19.0 Å². The first-order chi connectivity index (χ1) is 7.59. The molecule has 1 aromatic carbocycles. The quantitative estimate of drug-likeness (QED) is 0.706. The Hall–Kier alpha value is -0.763. The normalized spacial score (nSPS) is 11.6. The van der Waals surface area contributed by atoms with Crippen LogP contribution >= 0.6 is 0 Å². The number of hydrogen-bond acceptors (Lipinski definition) is 1.